The van der Waals surface area contributed by atoms with Gasteiger partial charge in [-0.1, -0.05) is 67.6 Å². The number of carbonyl (C=O) groups excluding carboxylic acids is 2. The van der Waals surface area contributed by atoms with Crippen LogP contribution in [0.2, 0.25) is 0 Å². The highest BCUT2D eigenvalue weighted by atomic mass is 32.2. The number of anilines is 1. The first-order chi connectivity index (χ1) is 20.1. The lowest BCUT2D eigenvalue weighted by molar-refractivity contribution is -0.141. The Hall–Kier alpha value is -3.85. The molecule has 3 aromatic rings. The molecule has 0 aromatic heterocycles. The van der Waals surface area contributed by atoms with Crippen molar-refractivity contribution in [3.8, 4) is 5.75 Å². The summed E-state index contributed by atoms with van der Waals surface area (Å²) < 4.78 is 32.1. The standard InChI is InChI=1S/C33H43N3O5S/c1-5-26(3)34-33(38)31(24-27-14-9-7-10-15-27)35(25-28-16-11-8-12-17-28)32(37)18-13-23-36(42(4,39)40)29-19-21-30(22-20-29)41-6-2/h7-12,14-17,19-22,26,31H,5-6,13,18,23-25H2,1-4H3,(H,34,38)/t26-,31-/m0/s1. The van der Waals surface area contributed by atoms with Gasteiger partial charge < -0.3 is 15.0 Å². The Morgan fingerprint density at radius 3 is 2.02 bits per heavy atom. The predicted octanol–water partition coefficient (Wildman–Crippen LogP) is 5.19. The Bertz CT molecular complexity index is 1370. The third-order valence-corrected chi connectivity index (χ3v) is 8.25. The summed E-state index contributed by atoms with van der Waals surface area (Å²) in [6, 6.07) is 25.3. The fraction of sp³-hybridized carbons (Fsp3) is 0.394. The van der Waals surface area contributed by atoms with E-state index >= 15 is 0 Å². The van der Waals surface area contributed by atoms with E-state index in [1.54, 1.807) is 29.2 Å². The van der Waals surface area contributed by atoms with Crippen LogP contribution in [0, 0.1) is 0 Å². The molecular formula is C33H43N3O5S. The second-order valence-electron chi connectivity index (χ2n) is 10.4. The minimum absolute atomic E-state index is 0.0399. The number of nitrogens with zero attached hydrogens (tertiary/aromatic N) is 2. The van der Waals surface area contributed by atoms with Gasteiger partial charge in [-0.2, -0.15) is 0 Å². The number of hydrogen-bond donors (Lipinski definition) is 1. The summed E-state index contributed by atoms with van der Waals surface area (Å²) in [7, 11) is -3.59. The first kappa shape index (κ1) is 32.7. The molecule has 8 nitrogen and oxygen atoms in total. The summed E-state index contributed by atoms with van der Waals surface area (Å²) in [4.78, 5) is 29.1. The van der Waals surface area contributed by atoms with Gasteiger partial charge in [0.05, 0.1) is 18.6 Å². The lowest BCUT2D eigenvalue weighted by Crippen LogP contribution is -2.52. The van der Waals surface area contributed by atoms with E-state index in [0.717, 1.165) is 23.8 Å². The summed E-state index contributed by atoms with van der Waals surface area (Å²) >= 11 is 0. The van der Waals surface area contributed by atoms with Crippen LogP contribution in [0.4, 0.5) is 5.69 Å². The molecule has 0 radical (unpaired) electrons. The predicted molar refractivity (Wildman–Crippen MR) is 168 cm³/mol. The molecule has 0 spiro atoms. The van der Waals surface area contributed by atoms with Crippen molar-refractivity contribution in [1.29, 1.82) is 0 Å². The zero-order valence-electron chi connectivity index (χ0n) is 25.0. The van der Waals surface area contributed by atoms with Gasteiger partial charge >= 0.3 is 0 Å². The maximum atomic E-state index is 13.9. The van der Waals surface area contributed by atoms with Crippen molar-refractivity contribution in [1.82, 2.24) is 10.2 Å². The van der Waals surface area contributed by atoms with Crippen LogP contribution < -0.4 is 14.4 Å². The molecule has 226 valence electrons. The van der Waals surface area contributed by atoms with Crippen molar-refractivity contribution in [2.45, 2.75) is 65.1 Å². The zero-order chi connectivity index (χ0) is 30.5. The monoisotopic (exact) mass is 593 g/mol. The van der Waals surface area contributed by atoms with Crippen LogP contribution in [0.3, 0.4) is 0 Å². The second-order valence-corrected chi connectivity index (χ2v) is 12.3. The average molecular weight is 594 g/mol. The fourth-order valence-corrected chi connectivity index (χ4v) is 5.62. The molecule has 2 atom stereocenters. The number of hydrogen-bond acceptors (Lipinski definition) is 5. The maximum absolute atomic E-state index is 13.9. The molecule has 0 aliphatic carbocycles. The molecule has 9 heteroatoms. The Kier molecular flexibility index (Phi) is 12.4. The van der Waals surface area contributed by atoms with Crippen LogP contribution in [0.1, 0.15) is 51.2 Å². The summed E-state index contributed by atoms with van der Waals surface area (Å²) in [5, 5.41) is 3.07. The van der Waals surface area contributed by atoms with Crippen LogP contribution in [0.15, 0.2) is 84.9 Å². The van der Waals surface area contributed by atoms with E-state index in [9.17, 15) is 18.0 Å². The molecule has 0 aliphatic rings. The second kappa shape index (κ2) is 16.0. The van der Waals surface area contributed by atoms with Gasteiger partial charge in [0.15, 0.2) is 0 Å². The van der Waals surface area contributed by atoms with Crippen LogP contribution in [-0.2, 0) is 32.6 Å². The van der Waals surface area contributed by atoms with Crippen LogP contribution in [0.5, 0.6) is 5.75 Å². The van der Waals surface area contributed by atoms with Crippen molar-refractivity contribution in [2.24, 2.45) is 0 Å². The van der Waals surface area contributed by atoms with Crippen molar-refractivity contribution >= 4 is 27.5 Å². The van der Waals surface area contributed by atoms with Gasteiger partial charge in [0, 0.05) is 32.0 Å². The summed E-state index contributed by atoms with van der Waals surface area (Å²) in [5.41, 5.74) is 2.36. The van der Waals surface area contributed by atoms with Gasteiger partial charge in [-0.15, -0.1) is 0 Å². The van der Waals surface area contributed by atoms with E-state index in [0.29, 0.717) is 24.5 Å². The number of carbonyl (C=O) groups is 2. The molecule has 0 heterocycles. The smallest absolute Gasteiger partial charge is 0.243 e. The largest absolute Gasteiger partial charge is 0.494 e. The summed E-state index contributed by atoms with van der Waals surface area (Å²) in [5.74, 6) is 0.241. The quantitative estimate of drug-likeness (QED) is 0.247. The maximum Gasteiger partial charge on any atom is 0.243 e. The molecule has 3 aromatic carbocycles. The molecule has 42 heavy (non-hydrogen) atoms. The minimum Gasteiger partial charge on any atom is -0.494 e. The van der Waals surface area contributed by atoms with Gasteiger partial charge in [0.2, 0.25) is 21.8 Å². The molecule has 0 bridgehead atoms. The lowest BCUT2D eigenvalue weighted by atomic mass is 10.0. The third kappa shape index (κ3) is 9.91. The van der Waals surface area contributed by atoms with Crippen molar-refractivity contribution in [3.63, 3.8) is 0 Å². The van der Waals surface area contributed by atoms with Gasteiger partial charge in [-0.3, -0.25) is 13.9 Å². The molecule has 0 fully saturated rings. The molecule has 0 saturated carbocycles. The van der Waals surface area contributed by atoms with E-state index in [4.69, 9.17) is 4.74 Å². The molecule has 1 N–H and O–H groups in total. The number of ether oxygens (including phenoxy) is 1. The number of amides is 2. The molecule has 2 amide bonds. The van der Waals surface area contributed by atoms with Gasteiger partial charge in [-0.25, -0.2) is 8.42 Å². The normalized spacial score (nSPS) is 12.7. The molecule has 0 unspecified atom stereocenters. The van der Waals surface area contributed by atoms with Gasteiger partial charge in [0.1, 0.15) is 11.8 Å². The highest BCUT2D eigenvalue weighted by molar-refractivity contribution is 7.92. The Balaban J connectivity index is 1.84. The van der Waals surface area contributed by atoms with E-state index in [1.165, 1.54) is 4.31 Å². The minimum atomic E-state index is -3.59. The first-order valence-electron chi connectivity index (χ1n) is 14.5. The van der Waals surface area contributed by atoms with E-state index in [-0.39, 0.29) is 43.8 Å². The fourth-order valence-electron chi connectivity index (χ4n) is 4.65. The Morgan fingerprint density at radius 1 is 0.881 bits per heavy atom. The summed E-state index contributed by atoms with van der Waals surface area (Å²) in [6.45, 7) is 6.73. The molecule has 3 rings (SSSR count). The Labute approximate surface area is 250 Å². The molecule has 0 aliphatic heterocycles. The van der Waals surface area contributed by atoms with Crippen LogP contribution >= 0.6 is 0 Å². The van der Waals surface area contributed by atoms with E-state index in [2.05, 4.69) is 5.32 Å². The highest BCUT2D eigenvalue weighted by Crippen LogP contribution is 2.23. The van der Waals surface area contributed by atoms with E-state index < -0.39 is 16.1 Å². The SMILES string of the molecule is CCOc1ccc(N(CCCC(=O)N(Cc2ccccc2)[C@@H](Cc2ccccc2)C(=O)N[C@@H](C)CC)S(C)(=O)=O)cc1. The number of sulfonamides is 1. The van der Waals surface area contributed by atoms with Gasteiger partial charge in [-0.05, 0) is 62.1 Å². The third-order valence-electron chi connectivity index (χ3n) is 7.06. The van der Waals surface area contributed by atoms with Crippen molar-refractivity contribution in [3.05, 3.63) is 96.1 Å². The van der Waals surface area contributed by atoms with Gasteiger partial charge in [0.25, 0.3) is 0 Å². The first-order valence-corrected chi connectivity index (χ1v) is 16.4. The molecular weight excluding hydrogens is 550 g/mol. The molecule has 0 saturated heterocycles. The van der Waals surface area contributed by atoms with Crippen LogP contribution in [0.25, 0.3) is 0 Å². The summed E-state index contributed by atoms with van der Waals surface area (Å²) in [6.07, 6.45) is 2.65. The topological polar surface area (TPSA) is 96.0 Å². The van der Waals surface area contributed by atoms with Crippen molar-refractivity contribution in [2.75, 3.05) is 23.7 Å². The zero-order valence-corrected chi connectivity index (χ0v) is 25.8. The van der Waals surface area contributed by atoms with Crippen molar-refractivity contribution < 1.29 is 22.7 Å². The lowest BCUT2D eigenvalue weighted by Gasteiger charge is -2.32. The van der Waals surface area contributed by atoms with E-state index in [1.807, 2.05) is 81.4 Å². The van der Waals surface area contributed by atoms with Crippen LogP contribution in [-0.4, -0.2) is 56.6 Å². The average Bonchev–Trinajstić information content (AvgIpc) is 2.98. The number of rotatable bonds is 16. The number of benzene rings is 3. The highest BCUT2D eigenvalue weighted by Gasteiger charge is 2.31. The number of nitrogens with one attached hydrogen (secondary N) is 1. The Morgan fingerprint density at radius 2 is 1.48 bits per heavy atom.